The summed E-state index contributed by atoms with van der Waals surface area (Å²) in [6.07, 6.45) is 13.2. The summed E-state index contributed by atoms with van der Waals surface area (Å²) < 4.78 is 5.39. The normalized spacial score (nSPS) is 42.5. The Bertz CT molecular complexity index is 865. The van der Waals surface area contributed by atoms with Gasteiger partial charge in [-0.25, -0.2) is 0 Å². The minimum Gasteiger partial charge on any atom is -0.497 e. The van der Waals surface area contributed by atoms with Crippen LogP contribution in [-0.4, -0.2) is 18.3 Å². The van der Waals surface area contributed by atoms with Gasteiger partial charge in [0.2, 0.25) is 0 Å². The maximum Gasteiger partial charge on any atom is 0.118 e. The highest BCUT2D eigenvalue weighted by molar-refractivity contribution is 5.73. The predicted octanol–water partition coefficient (Wildman–Crippen LogP) is 6.65. The average Bonchev–Trinajstić information content (AvgIpc) is 3.11. The first-order valence-corrected chi connectivity index (χ1v) is 12.1. The van der Waals surface area contributed by atoms with Gasteiger partial charge in [-0.05, 0) is 103 Å². The van der Waals surface area contributed by atoms with Crippen LogP contribution in [0.25, 0.3) is 5.57 Å². The van der Waals surface area contributed by atoms with Crippen LogP contribution in [0.15, 0.2) is 42.0 Å². The zero-order valence-corrected chi connectivity index (χ0v) is 19.2. The number of ether oxygens (including phenoxy) is 1. The molecular formula is C28H38O2. The Kier molecular flexibility index (Phi) is 4.93. The second-order valence-corrected chi connectivity index (χ2v) is 10.9. The number of hydrogen-bond donors (Lipinski definition) is 1. The van der Waals surface area contributed by atoms with E-state index in [1.165, 1.54) is 37.7 Å². The van der Waals surface area contributed by atoms with Crippen molar-refractivity contribution in [2.24, 2.45) is 34.5 Å². The van der Waals surface area contributed by atoms with E-state index in [2.05, 4.69) is 57.2 Å². The Hall–Kier alpha value is -1.54. The molecule has 1 N–H and O–H groups in total. The highest BCUT2D eigenvalue weighted by atomic mass is 16.5. The van der Waals surface area contributed by atoms with Crippen LogP contribution in [0.1, 0.15) is 71.3 Å². The van der Waals surface area contributed by atoms with E-state index in [0.717, 1.165) is 36.3 Å². The molecule has 5 rings (SSSR count). The van der Waals surface area contributed by atoms with Gasteiger partial charge in [-0.1, -0.05) is 50.6 Å². The van der Waals surface area contributed by atoms with Crippen LogP contribution in [0.5, 0.6) is 5.75 Å². The van der Waals surface area contributed by atoms with Crippen LogP contribution < -0.4 is 4.74 Å². The van der Waals surface area contributed by atoms with E-state index in [4.69, 9.17) is 4.74 Å². The lowest BCUT2D eigenvalue weighted by atomic mass is 9.45. The summed E-state index contributed by atoms with van der Waals surface area (Å²) in [7, 11) is 1.74. The molecule has 0 aromatic heterocycles. The summed E-state index contributed by atoms with van der Waals surface area (Å²) in [6, 6.07) is 8.73. The summed E-state index contributed by atoms with van der Waals surface area (Å²) >= 11 is 0. The lowest BCUT2D eigenvalue weighted by Crippen LogP contribution is -2.52. The van der Waals surface area contributed by atoms with Crippen molar-refractivity contribution >= 4 is 5.57 Å². The number of allylic oxidation sites excluding steroid dienone is 3. The van der Waals surface area contributed by atoms with E-state index in [1.807, 2.05) is 0 Å². The van der Waals surface area contributed by atoms with Crippen molar-refractivity contribution in [2.75, 3.05) is 7.11 Å². The first-order chi connectivity index (χ1) is 14.4. The van der Waals surface area contributed by atoms with Gasteiger partial charge in [0.15, 0.2) is 0 Å². The molecule has 0 saturated heterocycles. The van der Waals surface area contributed by atoms with Crippen LogP contribution >= 0.6 is 0 Å². The Morgan fingerprint density at radius 1 is 1.03 bits per heavy atom. The molecule has 0 heterocycles. The first kappa shape index (κ1) is 20.4. The molecule has 1 aromatic rings. The Balaban J connectivity index is 1.50. The molecule has 30 heavy (non-hydrogen) atoms. The number of hydrogen-bond acceptors (Lipinski definition) is 2. The minimum absolute atomic E-state index is 0.123. The zero-order chi connectivity index (χ0) is 21.1. The fourth-order valence-electron chi connectivity index (χ4n) is 7.98. The Morgan fingerprint density at radius 2 is 1.77 bits per heavy atom. The van der Waals surface area contributed by atoms with Gasteiger partial charge in [-0.15, -0.1) is 0 Å². The molecule has 0 bridgehead atoms. The van der Waals surface area contributed by atoms with Crippen LogP contribution in [0.2, 0.25) is 0 Å². The topological polar surface area (TPSA) is 29.5 Å². The van der Waals surface area contributed by atoms with E-state index in [9.17, 15) is 5.11 Å². The van der Waals surface area contributed by atoms with Crippen molar-refractivity contribution in [3.63, 3.8) is 0 Å². The van der Waals surface area contributed by atoms with Gasteiger partial charge in [0.25, 0.3) is 0 Å². The standard InChI is InChI=1S/C28H38O2/c1-5-18-16-20-17-21(29)12-14-27(20,2)25-13-15-28(3)23(10-11-24(28)26(18)25)19-6-8-22(30-4)9-7-19/h6-10,16,18,21,24-26,29H,5,11-15,17H2,1-4H3/t18-,21+,24-,25-,26-,27-,28+/m0/s1. The maximum atomic E-state index is 10.3. The third-order valence-electron chi connectivity index (χ3n) is 9.70. The van der Waals surface area contributed by atoms with Gasteiger partial charge in [0.05, 0.1) is 13.2 Å². The lowest BCUT2D eigenvalue weighted by Gasteiger charge is -2.60. The Labute approximate surface area is 182 Å². The molecule has 7 atom stereocenters. The first-order valence-electron chi connectivity index (χ1n) is 12.1. The summed E-state index contributed by atoms with van der Waals surface area (Å²) in [5, 5.41) is 10.3. The molecule has 4 aliphatic rings. The van der Waals surface area contributed by atoms with Gasteiger partial charge >= 0.3 is 0 Å². The van der Waals surface area contributed by atoms with Gasteiger partial charge < -0.3 is 9.84 Å². The molecule has 2 nitrogen and oxygen atoms in total. The molecule has 0 unspecified atom stereocenters. The number of methoxy groups -OCH3 is 1. The maximum absolute atomic E-state index is 10.3. The summed E-state index contributed by atoms with van der Waals surface area (Å²) in [6.45, 7) is 7.46. The number of rotatable bonds is 3. The van der Waals surface area contributed by atoms with Crippen LogP contribution in [0.4, 0.5) is 0 Å². The fourth-order valence-corrected chi connectivity index (χ4v) is 7.98. The number of aliphatic hydroxyl groups excluding tert-OH is 1. The van der Waals surface area contributed by atoms with E-state index < -0.39 is 0 Å². The van der Waals surface area contributed by atoms with Crippen molar-refractivity contribution in [1.82, 2.24) is 0 Å². The highest BCUT2D eigenvalue weighted by Gasteiger charge is 2.58. The van der Waals surface area contributed by atoms with Gasteiger partial charge in [-0.3, -0.25) is 0 Å². The molecule has 0 amide bonds. The molecule has 1 aromatic carbocycles. The van der Waals surface area contributed by atoms with Gasteiger partial charge in [0.1, 0.15) is 5.75 Å². The molecule has 2 fully saturated rings. The molecular weight excluding hydrogens is 368 g/mol. The smallest absolute Gasteiger partial charge is 0.118 e. The molecule has 162 valence electrons. The van der Waals surface area contributed by atoms with Crippen molar-refractivity contribution in [3.05, 3.63) is 47.6 Å². The second-order valence-electron chi connectivity index (χ2n) is 10.9. The summed E-state index contributed by atoms with van der Waals surface area (Å²) in [4.78, 5) is 0. The lowest BCUT2D eigenvalue weighted by molar-refractivity contribution is -0.0464. The van der Waals surface area contributed by atoms with Crippen LogP contribution in [-0.2, 0) is 0 Å². The Morgan fingerprint density at radius 3 is 2.47 bits per heavy atom. The van der Waals surface area contributed by atoms with Crippen LogP contribution in [0.3, 0.4) is 0 Å². The molecule has 0 radical (unpaired) electrons. The summed E-state index contributed by atoms with van der Waals surface area (Å²) in [5.41, 5.74) is 5.12. The van der Waals surface area contributed by atoms with Crippen molar-refractivity contribution in [1.29, 1.82) is 0 Å². The van der Waals surface area contributed by atoms with Crippen molar-refractivity contribution in [3.8, 4) is 5.75 Å². The quantitative estimate of drug-likeness (QED) is 0.570. The number of fused-ring (bicyclic) bond motifs is 5. The van der Waals surface area contributed by atoms with Crippen LogP contribution in [0, 0.1) is 34.5 Å². The van der Waals surface area contributed by atoms with E-state index >= 15 is 0 Å². The van der Waals surface area contributed by atoms with E-state index in [-0.39, 0.29) is 11.5 Å². The predicted molar refractivity (Wildman–Crippen MR) is 123 cm³/mol. The van der Waals surface area contributed by atoms with E-state index in [0.29, 0.717) is 11.3 Å². The third-order valence-corrected chi connectivity index (χ3v) is 9.70. The fraction of sp³-hybridized carbons (Fsp3) is 0.643. The largest absolute Gasteiger partial charge is 0.497 e. The molecule has 2 saturated carbocycles. The third kappa shape index (κ3) is 2.86. The second kappa shape index (κ2) is 7.26. The van der Waals surface area contributed by atoms with E-state index in [1.54, 1.807) is 18.3 Å². The molecule has 4 aliphatic carbocycles. The highest BCUT2D eigenvalue weighted by Crippen LogP contribution is 2.67. The number of benzene rings is 1. The monoisotopic (exact) mass is 406 g/mol. The average molecular weight is 407 g/mol. The zero-order valence-electron chi connectivity index (χ0n) is 19.2. The summed E-state index contributed by atoms with van der Waals surface area (Å²) in [5.74, 6) is 3.88. The molecule has 0 spiro atoms. The molecule has 0 aliphatic heterocycles. The molecule has 2 heteroatoms. The SMILES string of the molecule is CC[C@H]1C=C2C[C@H](O)CC[C@]2(C)[C@H]2CC[C@]3(C)C(c4ccc(OC)cc4)=CC[C@H]3[C@H]12. The van der Waals surface area contributed by atoms with Crippen molar-refractivity contribution in [2.45, 2.75) is 71.8 Å². The minimum atomic E-state index is -0.123. The van der Waals surface area contributed by atoms with Gasteiger partial charge in [-0.2, -0.15) is 0 Å². The number of aliphatic hydroxyl groups is 1. The van der Waals surface area contributed by atoms with Gasteiger partial charge in [0, 0.05) is 0 Å². The van der Waals surface area contributed by atoms with Crippen molar-refractivity contribution < 1.29 is 9.84 Å².